The van der Waals surface area contributed by atoms with Crippen molar-refractivity contribution in [3.05, 3.63) is 30.0 Å². The topological polar surface area (TPSA) is 53.4 Å². The summed E-state index contributed by atoms with van der Waals surface area (Å²) in [6.45, 7) is 5.46. The first-order valence-corrected chi connectivity index (χ1v) is 6.70. The molecular weight excluding hydrogens is 240 g/mol. The molecule has 2 unspecified atom stereocenters. The van der Waals surface area contributed by atoms with Gasteiger partial charge in [0.05, 0.1) is 0 Å². The van der Waals surface area contributed by atoms with E-state index in [9.17, 15) is 4.79 Å². The molecule has 102 valence electrons. The molecule has 1 aliphatic rings. The van der Waals surface area contributed by atoms with E-state index >= 15 is 0 Å². The Morgan fingerprint density at radius 1 is 1.53 bits per heavy atom. The lowest BCUT2D eigenvalue weighted by Crippen LogP contribution is -2.41. The van der Waals surface area contributed by atoms with Crippen LogP contribution in [0.15, 0.2) is 24.4 Å². The number of rotatable bonds is 3. The molecular formula is C15H20N2O2. The van der Waals surface area contributed by atoms with Crippen molar-refractivity contribution in [2.24, 2.45) is 5.92 Å². The smallest absolute Gasteiger partial charge is 0.328 e. The number of carbonyl (C=O) groups is 1. The van der Waals surface area contributed by atoms with Crippen LogP contribution in [0.3, 0.4) is 0 Å². The molecule has 2 atom stereocenters. The normalized spacial score (nSPS) is 23.8. The largest absolute Gasteiger partial charge is 0.478 e. The highest BCUT2D eigenvalue weighted by atomic mass is 16.4. The number of hydrogen-bond donors (Lipinski definition) is 1. The maximum atomic E-state index is 10.6. The summed E-state index contributed by atoms with van der Waals surface area (Å²) in [4.78, 5) is 17.4. The monoisotopic (exact) mass is 260 g/mol. The predicted octanol–water partition coefficient (Wildman–Crippen LogP) is 2.80. The molecule has 4 nitrogen and oxygen atoms in total. The van der Waals surface area contributed by atoms with E-state index < -0.39 is 5.97 Å². The van der Waals surface area contributed by atoms with Crippen LogP contribution in [0.25, 0.3) is 6.08 Å². The van der Waals surface area contributed by atoms with Gasteiger partial charge in [0.1, 0.15) is 5.82 Å². The van der Waals surface area contributed by atoms with E-state index in [0.717, 1.165) is 42.8 Å². The minimum Gasteiger partial charge on any atom is -0.478 e. The van der Waals surface area contributed by atoms with Crippen LogP contribution in [0.5, 0.6) is 0 Å². The van der Waals surface area contributed by atoms with E-state index in [1.807, 2.05) is 12.1 Å². The molecule has 1 aliphatic heterocycles. The predicted molar refractivity (Wildman–Crippen MR) is 76.1 cm³/mol. The lowest BCUT2D eigenvalue weighted by molar-refractivity contribution is -0.131. The highest BCUT2D eigenvalue weighted by Gasteiger charge is 2.24. The zero-order chi connectivity index (χ0) is 13.8. The van der Waals surface area contributed by atoms with Gasteiger partial charge >= 0.3 is 5.97 Å². The van der Waals surface area contributed by atoms with Crippen molar-refractivity contribution in [1.82, 2.24) is 4.98 Å². The second-order valence-electron chi connectivity index (χ2n) is 5.26. The first-order valence-electron chi connectivity index (χ1n) is 6.70. The van der Waals surface area contributed by atoms with Crippen LogP contribution in [0.2, 0.25) is 0 Å². The lowest BCUT2D eigenvalue weighted by Gasteiger charge is -2.38. The number of carboxylic acids is 1. The standard InChI is InChI=1S/C15H20N2O2/c1-11-7-9-17(12(2)10-11)15-13(4-3-8-16-15)5-6-14(18)19/h3-6,8,11-12H,7,9-10H2,1-2H3,(H,18,19)/b6-5+. The van der Waals surface area contributed by atoms with Crippen LogP contribution in [-0.2, 0) is 4.79 Å². The molecule has 2 heterocycles. The van der Waals surface area contributed by atoms with Gasteiger partial charge in [0.2, 0.25) is 0 Å². The fourth-order valence-corrected chi connectivity index (χ4v) is 2.66. The summed E-state index contributed by atoms with van der Waals surface area (Å²) in [5, 5.41) is 8.74. The summed E-state index contributed by atoms with van der Waals surface area (Å²) in [6.07, 6.45) is 6.85. The van der Waals surface area contributed by atoms with Gasteiger partial charge in [-0.15, -0.1) is 0 Å². The molecule has 2 rings (SSSR count). The Bertz CT molecular complexity index is 485. The van der Waals surface area contributed by atoms with Crippen molar-refractivity contribution in [1.29, 1.82) is 0 Å². The Morgan fingerprint density at radius 3 is 3.00 bits per heavy atom. The Hall–Kier alpha value is -1.84. The number of aliphatic carboxylic acids is 1. The summed E-state index contributed by atoms with van der Waals surface area (Å²) >= 11 is 0. The third kappa shape index (κ3) is 3.34. The molecule has 0 aromatic carbocycles. The highest BCUT2D eigenvalue weighted by molar-refractivity contribution is 5.86. The second kappa shape index (κ2) is 5.87. The van der Waals surface area contributed by atoms with Gasteiger partial charge in [0.25, 0.3) is 0 Å². The number of piperidine rings is 1. The average Bonchev–Trinajstić information content (AvgIpc) is 2.37. The summed E-state index contributed by atoms with van der Waals surface area (Å²) in [5.74, 6) is 0.697. The van der Waals surface area contributed by atoms with Crippen LogP contribution in [0.1, 0.15) is 32.3 Å². The van der Waals surface area contributed by atoms with Crippen molar-refractivity contribution in [3.8, 4) is 0 Å². The van der Waals surface area contributed by atoms with E-state index in [0.29, 0.717) is 6.04 Å². The van der Waals surface area contributed by atoms with Gasteiger partial charge in [-0.3, -0.25) is 0 Å². The zero-order valence-corrected chi connectivity index (χ0v) is 11.4. The van der Waals surface area contributed by atoms with Crippen LogP contribution >= 0.6 is 0 Å². The molecule has 0 bridgehead atoms. The molecule has 0 aliphatic carbocycles. The van der Waals surface area contributed by atoms with E-state index in [4.69, 9.17) is 5.11 Å². The van der Waals surface area contributed by atoms with E-state index in [2.05, 4.69) is 23.7 Å². The zero-order valence-electron chi connectivity index (χ0n) is 11.4. The van der Waals surface area contributed by atoms with Gasteiger partial charge in [-0.05, 0) is 43.9 Å². The first kappa shape index (κ1) is 13.6. The SMILES string of the molecule is CC1CCN(c2ncccc2/C=C/C(=O)O)C(C)C1. The van der Waals surface area contributed by atoms with Crippen LogP contribution in [0, 0.1) is 5.92 Å². The number of nitrogens with zero attached hydrogens (tertiary/aromatic N) is 2. The van der Waals surface area contributed by atoms with E-state index in [1.165, 1.54) is 0 Å². The van der Waals surface area contributed by atoms with Crippen LogP contribution in [0.4, 0.5) is 5.82 Å². The third-order valence-corrected chi connectivity index (χ3v) is 3.63. The molecule has 1 N–H and O–H groups in total. The lowest BCUT2D eigenvalue weighted by atomic mass is 9.93. The van der Waals surface area contributed by atoms with Gasteiger partial charge in [0, 0.05) is 30.4 Å². The molecule has 0 amide bonds. The molecule has 1 saturated heterocycles. The minimum absolute atomic E-state index is 0.440. The average molecular weight is 260 g/mol. The fraction of sp³-hybridized carbons (Fsp3) is 0.467. The molecule has 1 aromatic heterocycles. The Balaban J connectivity index is 2.26. The van der Waals surface area contributed by atoms with Gasteiger partial charge in [-0.1, -0.05) is 6.92 Å². The second-order valence-corrected chi connectivity index (χ2v) is 5.26. The molecule has 4 heteroatoms. The maximum absolute atomic E-state index is 10.6. The maximum Gasteiger partial charge on any atom is 0.328 e. The van der Waals surface area contributed by atoms with Crippen molar-refractivity contribution in [2.75, 3.05) is 11.4 Å². The Morgan fingerprint density at radius 2 is 2.32 bits per heavy atom. The Labute approximate surface area is 113 Å². The highest BCUT2D eigenvalue weighted by Crippen LogP contribution is 2.29. The summed E-state index contributed by atoms with van der Waals surface area (Å²) in [5.41, 5.74) is 0.867. The number of aromatic nitrogens is 1. The molecule has 0 radical (unpaired) electrons. The third-order valence-electron chi connectivity index (χ3n) is 3.63. The molecule has 19 heavy (non-hydrogen) atoms. The fourth-order valence-electron chi connectivity index (χ4n) is 2.66. The molecule has 1 aromatic rings. The molecule has 0 saturated carbocycles. The van der Waals surface area contributed by atoms with Crippen molar-refractivity contribution < 1.29 is 9.90 Å². The first-order chi connectivity index (χ1) is 9.08. The molecule has 1 fully saturated rings. The van der Waals surface area contributed by atoms with Gasteiger partial charge < -0.3 is 10.0 Å². The number of carboxylic acid groups (broad SMARTS) is 1. The minimum atomic E-state index is -0.935. The van der Waals surface area contributed by atoms with Crippen molar-refractivity contribution in [2.45, 2.75) is 32.7 Å². The van der Waals surface area contributed by atoms with Gasteiger partial charge in [0.15, 0.2) is 0 Å². The summed E-state index contributed by atoms with van der Waals surface area (Å²) in [6, 6.07) is 4.19. The van der Waals surface area contributed by atoms with Crippen LogP contribution < -0.4 is 4.90 Å². The number of anilines is 1. The van der Waals surface area contributed by atoms with Gasteiger partial charge in [-0.2, -0.15) is 0 Å². The Kier molecular flexibility index (Phi) is 4.20. The number of pyridine rings is 1. The number of hydrogen-bond acceptors (Lipinski definition) is 3. The van der Waals surface area contributed by atoms with Crippen LogP contribution in [-0.4, -0.2) is 28.6 Å². The van der Waals surface area contributed by atoms with E-state index in [1.54, 1.807) is 12.3 Å². The quantitative estimate of drug-likeness (QED) is 0.849. The molecule has 0 spiro atoms. The van der Waals surface area contributed by atoms with Crippen molar-refractivity contribution >= 4 is 17.9 Å². The van der Waals surface area contributed by atoms with Crippen molar-refractivity contribution in [3.63, 3.8) is 0 Å². The van der Waals surface area contributed by atoms with E-state index in [-0.39, 0.29) is 0 Å². The summed E-state index contributed by atoms with van der Waals surface area (Å²) < 4.78 is 0. The van der Waals surface area contributed by atoms with Gasteiger partial charge in [-0.25, -0.2) is 9.78 Å². The summed E-state index contributed by atoms with van der Waals surface area (Å²) in [7, 11) is 0.